The summed E-state index contributed by atoms with van der Waals surface area (Å²) < 4.78 is 0. The van der Waals surface area contributed by atoms with Crippen LogP contribution < -0.4 is 0 Å². The average molecular weight is 407 g/mol. The SMILES string of the molecule is O=[N+]([O-])c1cnc(Cl)c(-c2c(Cl)c(Cl)c(Cl)c(Cl)c2Cl)c1. The van der Waals surface area contributed by atoms with Crippen molar-refractivity contribution >= 4 is 75.3 Å². The standard InChI is InChI=1S/C11H2Cl6N2O2/c12-6-5(7(13)9(15)10(16)8(6)14)4-1-3(19(20)21)2-18-11(4)17/h1-2H. The molecule has 1 aromatic heterocycles. The Kier molecular flexibility index (Phi) is 5.08. The van der Waals surface area contributed by atoms with Crippen molar-refractivity contribution in [2.75, 3.05) is 0 Å². The maximum absolute atomic E-state index is 10.8. The number of hydrogen-bond acceptors (Lipinski definition) is 3. The Morgan fingerprint density at radius 1 is 0.905 bits per heavy atom. The molecular formula is C11H2Cl6N2O2. The van der Waals surface area contributed by atoms with E-state index >= 15 is 0 Å². The maximum atomic E-state index is 10.8. The Bertz CT molecular complexity index is 736. The van der Waals surface area contributed by atoms with Gasteiger partial charge in [0.2, 0.25) is 0 Å². The van der Waals surface area contributed by atoms with Crippen LogP contribution in [-0.2, 0) is 0 Å². The third-order valence-corrected chi connectivity index (χ3v) is 5.09. The van der Waals surface area contributed by atoms with E-state index < -0.39 is 4.92 Å². The summed E-state index contributed by atoms with van der Waals surface area (Å²) in [4.78, 5) is 13.9. The summed E-state index contributed by atoms with van der Waals surface area (Å²) in [6.07, 6.45) is 1.01. The highest BCUT2D eigenvalue weighted by atomic mass is 35.5. The van der Waals surface area contributed by atoms with Crippen LogP contribution >= 0.6 is 69.6 Å². The van der Waals surface area contributed by atoms with E-state index in [9.17, 15) is 10.1 Å². The predicted octanol–water partition coefficient (Wildman–Crippen LogP) is 6.58. The summed E-state index contributed by atoms with van der Waals surface area (Å²) in [6.45, 7) is 0. The second-order valence-electron chi connectivity index (χ2n) is 3.73. The van der Waals surface area contributed by atoms with E-state index in [0.29, 0.717) is 0 Å². The minimum Gasteiger partial charge on any atom is -0.258 e. The predicted molar refractivity (Wildman–Crippen MR) is 86.4 cm³/mol. The lowest BCUT2D eigenvalue weighted by Crippen LogP contribution is -1.94. The molecule has 1 aromatic carbocycles. The highest BCUT2D eigenvalue weighted by Gasteiger charge is 2.24. The zero-order chi connectivity index (χ0) is 15.9. The third-order valence-electron chi connectivity index (χ3n) is 2.51. The highest BCUT2D eigenvalue weighted by Crippen LogP contribution is 2.49. The number of hydrogen-bond donors (Lipinski definition) is 0. The molecule has 0 N–H and O–H groups in total. The lowest BCUT2D eigenvalue weighted by atomic mass is 10.1. The molecule has 0 saturated carbocycles. The molecule has 0 spiro atoms. The van der Waals surface area contributed by atoms with Crippen molar-refractivity contribution in [2.45, 2.75) is 0 Å². The van der Waals surface area contributed by atoms with Crippen LogP contribution in [0.5, 0.6) is 0 Å². The van der Waals surface area contributed by atoms with Crippen molar-refractivity contribution in [1.82, 2.24) is 4.98 Å². The molecule has 0 unspecified atom stereocenters. The molecule has 0 bridgehead atoms. The molecule has 1 heterocycles. The van der Waals surface area contributed by atoms with E-state index in [-0.39, 0.29) is 47.1 Å². The molecule has 0 aliphatic carbocycles. The van der Waals surface area contributed by atoms with E-state index in [1.54, 1.807) is 0 Å². The Hall–Kier alpha value is -0.490. The van der Waals surface area contributed by atoms with Crippen LogP contribution in [0.3, 0.4) is 0 Å². The molecule has 0 aliphatic heterocycles. The van der Waals surface area contributed by atoms with Crippen LogP contribution in [0.15, 0.2) is 12.3 Å². The second-order valence-corrected chi connectivity index (χ2v) is 5.98. The Morgan fingerprint density at radius 2 is 1.38 bits per heavy atom. The number of nitrogens with zero attached hydrogens (tertiary/aromatic N) is 2. The largest absolute Gasteiger partial charge is 0.288 e. The quantitative estimate of drug-likeness (QED) is 0.186. The Morgan fingerprint density at radius 3 is 1.86 bits per heavy atom. The summed E-state index contributed by atoms with van der Waals surface area (Å²) >= 11 is 36.0. The number of rotatable bonds is 2. The summed E-state index contributed by atoms with van der Waals surface area (Å²) in [5, 5.41) is 10.6. The van der Waals surface area contributed by atoms with Crippen molar-refractivity contribution in [3.05, 3.63) is 52.6 Å². The molecule has 10 heteroatoms. The monoisotopic (exact) mass is 404 g/mol. The molecular weight excluding hydrogens is 405 g/mol. The molecule has 21 heavy (non-hydrogen) atoms. The van der Waals surface area contributed by atoms with Crippen LogP contribution in [0.25, 0.3) is 11.1 Å². The fourth-order valence-corrected chi connectivity index (χ4v) is 3.09. The van der Waals surface area contributed by atoms with Gasteiger partial charge in [-0.2, -0.15) is 0 Å². The number of aromatic nitrogens is 1. The van der Waals surface area contributed by atoms with Gasteiger partial charge in [-0.05, 0) is 0 Å². The van der Waals surface area contributed by atoms with Gasteiger partial charge in [-0.15, -0.1) is 0 Å². The summed E-state index contributed by atoms with van der Waals surface area (Å²) in [6, 6.07) is 1.17. The third kappa shape index (κ3) is 3.02. The van der Waals surface area contributed by atoms with Gasteiger partial charge in [0.15, 0.2) is 0 Å². The lowest BCUT2D eigenvalue weighted by Gasteiger charge is -2.13. The first-order valence-corrected chi connectivity index (χ1v) is 7.34. The van der Waals surface area contributed by atoms with E-state index in [1.807, 2.05) is 0 Å². The first-order valence-electron chi connectivity index (χ1n) is 5.07. The molecule has 4 nitrogen and oxygen atoms in total. The lowest BCUT2D eigenvalue weighted by molar-refractivity contribution is -0.385. The van der Waals surface area contributed by atoms with Gasteiger partial charge in [0, 0.05) is 17.2 Å². The Labute approximate surface area is 148 Å². The molecule has 2 rings (SSSR count). The number of pyridine rings is 1. The maximum Gasteiger partial charge on any atom is 0.288 e. The van der Waals surface area contributed by atoms with Crippen molar-refractivity contribution in [3.63, 3.8) is 0 Å². The van der Waals surface area contributed by atoms with E-state index in [2.05, 4.69) is 4.98 Å². The molecule has 0 radical (unpaired) electrons. The van der Waals surface area contributed by atoms with Crippen LogP contribution in [-0.4, -0.2) is 9.91 Å². The number of halogens is 6. The topological polar surface area (TPSA) is 56.0 Å². The number of nitro groups is 1. The van der Waals surface area contributed by atoms with E-state index in [4.69, 9.17) is 69.6 Å². The zero-order valence-corrected chi connectivity index (χ0v) is 14.2. The summed E-state index contributed by atoms with van der Waals surface area (Å²) in [5.41, 5.74) is -0.0380. The van der Waals surface area contributed by atoms with E-state index in [1.165, 1.54) is 6.07 Å². The fourth-order valence-electron chi connectivity index (χ4n) is 1.55. The molecule has 0 atom stereocenters. The van der Waals surface area contributed by atoms with Gasteiger partial charge in [0.1, 0.15) is 11.3 Å². The van der Waals surface area contributed by atoms with Crippen LogP contribution in [0.4, 0.5) is 5.69 Å². The van der Waals surface area contributed by atoms with Crippen LogP contribution in [0.2, 0.25) is 30.3 Å². The first-order chi connectivity index (χ1) is 9.75. The van der Waals surface area contributed by atoms with Gasteiger partial charge < -0.3 is 0 Å². The van der Waals surface area contributed by atoms with Crippen molar-refractivity contribution in [2.24, 2.45) is 0 Å². The average Bonchev–Trinajstić information content (AvgIpc) is 2.45. The van der Waals surface area contributed by atoms with Crippen LogP contribution in [0.1, 0.15) is 0 Å². The van der Waals surface area contributed by atoms with Gasteiger partial charge in [-0.25, -0.2) is 4.98 Å². The second kappa shape index (κ2) is 6.32. The van der Waals surface area contributed by atoms with Crippen molar-refractivity contribution < 1.29 is 4.92 Å². The molecule has 0 aliphatic rings. The Balaban J connectivity index is 2.85. The minimum atomic E-state index is -0.631. The fraction of sp³-hybridized carbons (Fsp3) is 0. The molecule has 110 valence electrons. The van der Waals surface area contributed by atoms with Gasteiger partial charge >= 0.3 is 0 Å². The zero-order valence-electron chi connectivity index (χ0n) is 9.63. The van der Waals surface area contributed by atoms with Gasteiger partial charge in [-0.1, -0.05) is 69.6 Å². The highest BCUT2D eigenvalue weighted by molar-refractivity contribution is 6.56. The molecule has 0 amide bonds. The smallest absolute Gasteiger partial charge is 0.258 e. The van der Waals surface area contributed by atoms with Crippen molar-refractivity contribution in [3.8, 4) is 11.1 Å². The van der Waals surface area contributed by atoms with Gasteiger partial charge in [0.25, 0.3) is 5.69 Å². The molecule has 2 aromatic rings. The van der Waals surface area contributed by atoms with Gasteiger partial charge in [0.05, 0.1) is 30.0 Å². The van der Waals surface area contributed by atoms with E-state index in [0.717, 1.165) is 6.20 Å². The summed E-state index contributed by atoms with van der Waals surface area (Å²) in [7, 11) is 0. The molecule has 0 saturated heterocycles. The van der Waals surface area contributed by atoms with Crippen molar-refractivity contribution in [1.29, 1.82) is 0 Å². The van der Waals surface area contributed by atoms with Gasteiger partial charge in [-0.3, -0.25) is 10.1 Å². The normalized spacial score (nSPS) is 10.8. The molecule has 0 fully saturated rings. The number of benzene rings is 1. The first kappa shape index (κ1) is 16.9. The summed E-state index contributed by atoms with van der Waals surface area (Å²) in [5.74, 6) is 0. The minimum absolute atomic E-state index is 0.0217. The van der Waals surface area contributed by atoms with Crippen LogP contribution in [0, 0.1) is 10.1 Å².